The SMILES string of the molecule is CN(CCS(C)(=O)=O)C1CCC1CN. The highest BCUT2D eigenvalue weighted by molar-refractivity contribution is 7.90. The summed E-state index contributed by atoms with van der Waals surface area (Å²) in [6.45, 7) is 1.34. The number of sulfone groups is 1. The highest BCUT2D eigenvalue weighted by Crippen LogP contribution is 2.30. The van der Waals surface area contributed by atoms with E-state index < -0.39 is 9.84 Å². The average Bonchev–Trinajstić information content (AvgIpc) is 1.98. The summed E-state index contributed by atoms with van der Waals surface area (Å²) < 4.78 is 21.9. The first-order valence-electron chi connectivity index (χ1n) is 5.02. The maximum atomic E-state index is 11.0. The van der Waals surface area contributed by atoms with Gasteiger partial charge in [-0.1, -0.05) is 0 Å². The van der Waals surface area contributed by atoms with Crippen molar-refractivity contribution in [3.63, 3.8) is 0 Å². The summed E-state index contributed by atoms with van der Waals surface area (Å²) >= 11 is 0. The van der Waals surface area contributed by atoms with Gasteiger partial charge >= 0.3 is 0 Å². The molecule has 2 N–H and O–H groups in total. The van der Waals surface area contributed by atoms with Crippen LogP contribution in [0.25, 0.3) is 0 Å². The number of hydrogen-bond acceptors (Lipinski definition) is 4. The predicted molar refractivity (Wildman–Crippen MR) is 57.9 cm³/mol. The van der Waals surface area contributed by atoms with Gasteiger partial charge in [-0.05, 0) is 32.4 Å². The van der Waals surface area contributed by atoms with Gasteiger partial charge in [0.25, 0.3) is 0 Å². The Hall–Kier alpha value is -0.130. The average molecular weight is 220 g/mol. The second-order valence-corrected chi connectivity index (χ2v) is 6.51. The largest absolute Gasteiger partial charge is 0.330 e. The molecule has 2 unspecified atom stereocenters. The topological polar surface area (TPSA) is 63.4 Å². The Bertz CT molecular complexity index is 275. The lowest BCUT2D eigenvalue weighted by atomic mass is 9.79. The summed E-state index contributed by atoms with van der Waals surface area (Å²) in [5, 5.41) is 0. The minimum atomic E-state index is -2.83. The summed E-state index contributed by atoms with van der Waals surface area (Å²) in [4.78, 5) is 2.13. The Morgan fingerprint density at radius 3 is 2.43 bits per heavy atom. The van der Waals surface area contributed by atoms with Crippen molar-refractivity contribution in [1.29, 1.82) is 0 Å². The van der Waals surface area contributed by atoms with E-state index in [-0.39, 0.29) is 5.75 Å². The van der Waals surface area contributed by atoms with E-state index in [1.807, 2.05) is 7.05 Å². The molecule has 0 aliphatic heterocycles. The Balaban J connectivity index is 2.32. The third-order valence-corrected chi connectivity index (χ3v) is 3.99. The van der Waals surface area contributed by atoms with Crippen LogP contribution < -0.4 is 5.73 Å². The van der Waals surface area contributed by atoms with E-state index in [0.717, 1.165) is 6.42 Å². The lowest BCUT2D eigenvalue weighted by Crippen LogP contribution is -2.49. The number of rotatable bonds is 5. The third kappa shape index (κ3) is 3.22. The van der Waals surface area contributed by atoms with Gasteiger partial charge in [-0.25, -0.2) is 8.42 Å². The molecule has 0 heterocycles. The zero-order chi connectivity index (χ0) is 10.8. The molecule has 1 fully saturated rings. The molecular formula is C9H20N2O2S. The molecule has 0 amide bonds. The summed E-state index contributed by atoms with van der Waals surface area (Å²) in [5.41, 5.74) is 5.60. The van der Waals surface area contributed by atoms with E-state index in [1.165, 1.54) is 12.7 Å². The molecule has 0 bridgehead atoms. The lowest BCUT2D eigenvalue weighted by molar-refractivity contribution is 0.0951. The van der Waals surface area contributed by atoms with Crippen LogP contribution in [0.2, 0.25) is 0 Å². The Morgan fingerprint density at radius 2 is 2.07 bits per heavy atom. The van der Waals surface area contributed by atoms with Crippen LogP contribution in [0.5, 0.6) is 0 Å². The van der Waals surface area contributed by atoms with Gasteiger partial charge in [-0.2, -0.15) is 0 Å². The Labute approximate surface area is 86.4 Å². The van der Waals surface area contributed by atoms with Gasteiger partial charge in [0, 0.05) is 18.8 Å². The molecule has 0 aromatic heterocycles. The second kappa shape index (κ2) is 4.59. The van der Waals surface area contributed by atoms with E-state index in [0.29, 0.717) is 25.0 Å². The first-order chi connectivity index (χ1) is 6.44. The van der Waals surface area contributed by atoms with Crippen LogP contribution in [-0.4, -0.2) is 51.5 Å². The van der Waals surface area contributed by atoms with Crippen LogP contribution in [0.4, 0.5) is 0 Å². The van der Waals surface area contributed by atoms with Gasteiger partial charge in [0.05, 0.1) is 5.75 Å². The molecule has 5 heteroatoms. The normalized spacial score (nSPS) is 27.7. The van der Waals surface area contributed by atoms with Crippen molar-refractivity contribution in [2.75, 3.05) is 32.1 Å². The van der Waals surface area contributed by atoms with Crippen molar-refractivity contribution >= 4 is 9.84 Å². The van der Waals surface area contributed by atoms with Crippen molar-refractivity contribution in [2.45, 2.75) is 18.9 Å². The van der Waals surface area contributed by atoms with E-state index in [2.05, 4.69) is 4.90 Å². The predicted octanol–water partition coefficient (Wildman–Crippen LogP) is -0.300. The summed E-state index contributed by atoms with van der Waals surface area (Å²) in [6.07, 6.45) is 3.62. The molecule has 0 spiro atoms. The molecule has 14 heavy (non-hydrogen) atoms. The zero-order valence-corrected chi connectivity index (χ0v) is 9.76. The van der Waals surface area contributed by atoms with Crippen LogP contribution in [0.3, 0.4) is 0 Å². The highest BCUT2D eigenvalue weighted by atomic mass is 32.2. The molecule has 1 aliphatic rings. The van der Waals surface area contributed by atoms with Crippen LogP contribution in [-0.2, 0) is 9.84 Å². The fraction of sp³-hybridized carbons (Fsp3) is 1.00. The van der Waals surface area contributed by atoms with Gasteiger partial charge in [0.15, 0.2) is 0 Å². The van der Waals surface area contributed by atoms with Crippen LogP contribution in [0.15, 0.2) is 0 Å². The fourth-order valence-corrected chi connectivity index (χ4v) is 2.50. The first kappa shape index (κ1) is 11.9. The lowest BCUT2D eigenvalue weighted by Gasteiger charge is -2.42. The fourth-order valence-electron chi connectivity index (χ4n) is 1.88. The second-order valence-electron chi connectivity index (χ2n) is 4.25. The molecule has 84 valence electrons. The zero-order valence-electron chi connectivity index (χ0n) is 8.94. The summed E-state index contributed by atoms with van der Waals surface area (Å²) in [6, 6.07) is 0.502. The van der Waals surface area contributed by atoms with Gasteiger partial charge in [0.2, 0.25) is 0 Å². The Morgan fingerprint density at radius 1 is 1.43 bits per heavy atom. The molecular weight excluding hydrogens is 200 g/mol. The molecule has 0 radical (unpaired) electrons. The minimum Gasteiger partial charge on any atom is -0.330 e. The van der Waals surface area contributed by atoms with Gasteiger partial charge in [-0.15, -0.1) is 0 Å². The number of nitrogens with zero attached hydrogens (tertiary/aromatic N) is 1. The van der Waals surface area contributed by atoms with E-state index >= 15 is 0 Å². The van der Waals surface area contributed by atoms with Crippen molar-refractivity contribution in [3.8, 4) is 0 Å². The maximum Gasteiger partial charge on any atom is 0.148 e. The molecule has 0 saturated heterocycles. The number of hydrogen-bond donors (Lipinski definition) is 1. The Kier molecular flexibility index (Phi) is 3.92. The summed E-state index contributed by atoms with van der Waals surface area (Å²) in [5.74, 6) is 0.816. The number of nitrogens with two attached hydrogens (primary N) is 1. The van der Waals surface area contributed by atoms with Gasteiger partial charge in [0.1, 0.15) is 9.84 Å². The van der Waals surface area contributed by atoms with E-state index in [9.17, 15) is 8.42 Å². The summed E-state index contributed by atoms with van der Waals surface area (Å²) in [7, 11) is -0.850. The molecule has 0 aromatic rings. The molecule has 1 saturated carbocycles. The van der Waals surface area contributed by atoms with Gasteiger partial charge in [-0.3, -0.25) is 0 Å². The smallest absolute Gasteiger partial charge is 0.148 e. The van der Waals surface area contributed by atoms with Crippen molar-refractivity contribution in [1.82, 2.24) is 4.90 Å². The van der Waals surface area contributed by atoms with Crippen LogP contribution in [0.1, 0.15) is 12.8 Å². The molecule has 4 nitrogen and oxygen atoms in total. The highest BCUT2D eigenvalue weighted by Gasteiger charge is 2.32. The third-order valence-electron chi connectivity index (χ3n) is 3.06. The monoisotopic (exact) mass is 220 g/mol. The van der Waals surface area contributed by atoms with Gasteiger partial charge < -0.3 is 10.6 Å². The van der Waals surface area contributed by atoms with E-state index in [4.69, 9.17) is 5.73 Å². The van der Waals surface area contributed by atoms with Crippen molar-refractivity contribution in [3.05, 3.63) is 0 Å². The molecule has 0 aromatic carbocycles. The molecule has 2 atom stereocenters. The standard InChI is InChI=1S/C9H20N2O2S/c1-11(5-6-14(2,12)13)9-4-3-8(9)7-10/h8-9H,3-7,10H2,1-2H3. The maximum absolute atomic E-state index is 11.0. The van der Waals surface area contributed by atoms with Crippen molar-refractivity contribution < 1.29 is 8.42 Å². The first-order valence-corrected chi connectivity index (χ1v) is 7.08. The van der Waals surface area contributed by atoms with E-state index in [1.54, 1.807) is 0 Å². The quantitative estimate of drug-likeness (QED) is 0.691. The van der Waals surface area contributed by atoms with Crippen LogP contribution >= 0.6 is 0 Å². The van der Waals surface area contributed by atoms with Crippen molar-refractivity contribution in [2.24, 2.45) is 11.7 Å². The molecule has 1 aliphatic carbocycles. The minimum absolute atomic E-state index is 0.247. The van der Waals surface area contributed by atoms with Crippen LogP contribution in [0, 0.1) is 5.92 Å². The molecule has 1 rings (SSSR count).